The Morgan fingerprint density at radius 1 is 0.933 bits per heavy atom. The van der Waals surface area contributed by atoms with Gasteiger partial charge in [-0.15, -0.1) is 0 Å². The largest absolute Gasteiger partial charge is 0.328 e. The van der Waals surface area contributed by atoms with Gasteiger partial charge in [0.05, 0.1) is 0 Å². The molecule has 1 atom stereocenters. The first-order valence-electron chi connectivity index (χ1n) is 6.74. The minimum atomic E-state index is -0.627. The molecule has 0 aliphatic heterocycles. The lowest BCUT2D eigenvalue weighted by atomic mass is 10.4. The maximum Gasteiger partial charge on any atom is 0.110 e. The van der Waals surface area contributed by atoms with E-state index < -0.39 is 8.96 Å². The Kier molecular flexibility index (Phi) is 10.7. The van der Waals surface area contributed by atoms with Crippen LogP contribution in [0.5, 0.6) is 0 Å². The van der Waals surface area contributed by atoms with Gasteiger partial charge < -0.3 is 4.98 Å². The Labute approximate surface area is 98.1 Å². The summed E-state index contributed by atoms with van der Waals surface area (Å²) in [6, 6.07) is 2.94. The second-order valence-corrected chi connectivity index (χ2v) is 7.25. The zero-order valence-corrected chi connectivity index (χ0v) is 12.3. The molecule has 0 aliphatic rings. The first kappa shape index (κ1) is 15.1. The molecule has 3 heteroatoms. The van der Waals surface area contributed by atoms with Gasteiger partial charge in [0.1, 0.15) is 8.96 Å². The lowest BCUT2D eigenvalue weighted by Gasteiger charge is -2.23. The minimum Gasteiger partial charge on any atom is -0.328 e. The van der Waals surface area contributed by atoms with Gasteiger partial charge in [-0.05, 0) is 25.2 Å². The molecule has 0 saturated heterocycles. The predicted octanol–water partition coefficient (Wildman–Crippen LogP) is 2.81. The SMILES string of the molecule is CCCC[SiH](CCC)NCN(CC)CC. The Bertz CT molecular complexity index is 127. The molecule has 1 N–H and O–H groups in total. The van der Waals surface area contributed by atoms with Gasteiger partial charge >= 0.3 is 0 Å². The van der Waals surface area contributed by atoms with Gasteiger partial charge in [-0.1, -0.05) is 47.0 Å². The van der Waals surface area contributed by atoms with Gasteiger partial charge in [-0.25, -0.2) is 0 Å². The van der Waals surface area contributed by atoms with E-state index in [2.05, 4.69) is 37.6 Å². The third kappa shape index (κ3) is 8.00. The molecule has 0 fully saturated rings. The van der Waals surface area contributed by atoms with Gasteiger partial charge in [0.15, 0.2) is 0 Å². The summed E-state index contributed by atoms with van der Waals surface area (Å²) in [5, 5.41) is 0. The fourth-order valence-electron chi connectivity index (χ4n) is 1.85. The monoisotopic (exact) mass is 230 g/mol. The lowest BCUT2D eigenvalue weighted by molar-refractivity contribution is 0.299. The van der Waals surface area contributed by atoms with Crippen LogP contribution in [0.4, 0.5) is 0 Å². The molecule has 0 aliphatic carbocycles. The van der Waals surface area contributed by atoms with Crippen molar-refractivity contribution in [1.82, 2.24) is 9.88 Å². The van der Waals surface area contributed by atoms with E-state index in [0.29, 0.717) is 0 Å². The van der Waals surface area contributed by atoms with Crippen molar-refractivity contribution >= 4 is 8.96 Å². The van der Waals surface area contributed by atoms with Crippen LogP contribution in [0.3, 0.4) is 0 Å². The molecular formula is C12H30N2Si. The van der Waals surface area contributed by atoms with Crippen molar-refractivity contribution in [2.75, 3.05) is 19.8 Å². The van der Waals surface area contributed by atoms with Gasteiger partial charge in [0.2, 0.25) is 0 Å². The van der Waals surface area contributed by atoms with E-state index in [9.17, 15) is 0 Å². The Hall–Kier alpha value is 0.137. The van der Waals surface area contributed by atoms with E-state index in [-0.39, 0.29) is 0 Å². The summed E-state index contributed by atoms with van der Waals surface area (Å²) < 4.78 is 0. The van der Waals surface area contributed by atoms with Gasteiger partial charge in [-0.3, -0.25) is 4.90 Å². The molecule has 1 unspecified atom stereocenters. The molecule has 15 heavy (non-hydrogen) atoms. The fourth-order valence-corrected chi connectivity index (χ4v) is 4.66. The molecule has 0 spiro atoms. The van der Waals surface area contributed by atoms with Gasteiger partial charge in [0, 0.05) is 6.67 Å². The quantitative estimate of drug-likeness (QED) is 0.459. The summed E-state index contributed by atoms with van der Waals surface area (Å²) >= 11 is 0. The van der Waals surface area contributed by atoms with Crippen molar-refractivity contribution in [2.24, 2.45) is 0 Å². The highest BCUT2D eigenvalue weighted by molar-refractivity contribution is 6.56. The molecule has 0 radical (unpaired) electrons. The molecule has 0 heterocycles. The van der Waals surface area contributed by atoms with Crippen molar-refractivity contribution in [2.45, 2.75) is 59.0 Å². The number of nitrogens with zero attached hydrogens (tertiary/aromatic N) is 1. The molecular weight excluding hydrogens is 200 g/mol. The second kappa shape index (κ2) is 10.6. The topological polar surface area (TPSA) is 15.3 Å². The van der Waals surface area contributed by atoms with Crippen LogP contribution < -0.4 is 4.98 Å². The Morgan fingerprint density at radius 3 is 2.07 bits per heavy atom. The minimum absolute atomic E-state index is 0.627. The number of hydrogen-bond donors (Lipinski definition) is 1. The van der Waals surface area contributed by atoms with E-state index in [1.807, 2.05) is 0 Å². The van der Waals surface area contributed by atoms with Crippen molar-refractivity contribution in [3.05, 3.63) is 0 Å². The highest BCUT2D eigenvalue weighted by atomic mass is 28.3. The lowest BCUT2D eigenvalue weighted by Crippen LogP contribution is -2.42. The third-order valence-corrected chi connectivity index (χ3v) is 6.18. The first-order valence-corrected chi connectivity index (χ1v) is 8.95. The first-order chi connectivity index (χ1) is 7.28. The summed E-state index contributed by atoms with van der Waals surface area (Å²) in [5.74, 6) is 0. The van der Waals surface area contributed by atoms with E-state index in [1.54, 1.807) is 0 Å². The number of hydrogen-bond acceptors (Lipinski definition) is 2. The smallest absolute Gasteiger partial charge is 0.110 e. The molecule has 2 nitrogen and oxygen atoms in total. The molecule has 92 valence electrons. The van der Waals surface area contributed by atoms with Crippen LogP contribution in [0.2, 0.25) is 12.1 Å². The summed E-state index contributed by atoms with van der Waals surface area (Å²) in [4.78, 5) is 6.30. The summed E-state index contributed by atoms with van der Waals surface area (Å²) in [6.07, 6.45) is 4.12. The van der Waals surface area contributed by atoms with E-state index in [1.165, 1.54) is 44.4 Å². The maximum atomic E-state index is 3.82. The molecule has 0 aromatic heterocycles. The van der Waals surface area contributed by atoms with Crippen LogP contribution in [0, 0.1) is 0 Å². The Morgan fingerprint density at radius 2 is 1.60 bits per heavy atom. The van der Waals surface area contributed by atoms with Crippen molar-refractivity contribution in [3.63, 3.8) is 0 Å². The summed E-state index contributed by atoms with van der Waals surface area (Å²) in [7, 11) is -0.627. The standard InChI is InChI=1S/C12H30N2Si/c1-5-9-11-15(10-6-2)13-12-14(7-3)8-4/h13,15H,5-12H2,1-4H3. The normalized spacial score (nSPS) is 13.4. The molecule has 0 aromatic rings. The summed E-state index contributed by atoms with van der Waals surface area (Å²) in [5.41, 5.74) is 0. The Balaban J connectivity index is 3.72. The maximum absolute atomic E-state index is 3.82. The number of rotatable bonds is 10. The molecule has 0 saturated carbocycles. The zero-order valence-electron chi connectivity index (χ0n) is 11.2. The fraction of sp³-hybridized carbons (Fsp3) is 1.00. The highest BCUT2D eigenvalue weighted by Crippen LogP contribution is 2.05. The van der Waals surface area contributed by atoms with Gasteiger partial charge in [-0.2, -0.15) is 0 Å². The van der Waals surface area contributed by atoms with Crippen molar-refractivity contribution in [3.8, 4) is 0 Å². The zero-order chi connectivity index (χ0) is 11.5. The second-order valence-electron chi connectivity index (χ2n) is 4.29. The molecule has 0 aromatic carbocycles. The van der Waals surface area contributed by atoms with Crippen molar-refractivity contribution in [1.29, 1.82) is 0 Å². The molecule has 0 bridgehead atoms. The number of unbranched alkanes of at least 4 members (excludes halogenated alkanes) is 1. The predicted molar refractivity (Wildman–Crippen MR) is 72.9 cm³/mol. The average molecular weight is 230 g/mol. The number of nitrogens with one attached hydrogen (secondary N) is 1. The average Bonchev–Trinajstić information content (AvgIpc) is 2.27. The highest BCUT2D eigenvalue weighted by Gasteiger charge is 2.09. The van der Waals surface area contributed by atoms with Crippen molar-refractivity contribution < 1.29 is 0 Å². The third-order valence-electron chi connectivity index (χ3n) is 3.04. The van der Waals surface area contributed by atoms with E-state index >= 15 is 0 Å². The van der Waals surface area contributed by atoms with Gasteiger partial charge in [0.25, 0.3) is 0 Å². The van der Waals surface area contributed by atoms with Crippen LogP contribution in [-0.4, -0.2) is 33.6 Å². The van der Waals surface area contributed by atoms with Crippen LogP contribution in [0.1, 0.15) is 47.0 Å². The van der Waals surface area contributed by atoms with Crippen LogP contribution >= 0.6 is 0 Å². The van der Waals surface area contributed by atoms with Crippen LogP contribution in [0.15, 0.2) is 0 Å². The molecule has 0 amide bonds. The van der Waals surface area contributed by atoms with E-state index in [0.717, 1.165) is 6.67 Å². The van der Waals surface area contributed by atoms with Crippen LogP contribution in [0.25, 0.3) is 0 Å². The van der Waals surface area contributed by atoms with E-state index in [4.69, 9.17) is 0 Å². The molecule has 0 rings (SSSR count). The van der Waals surface area contributed by atoms with Crippen LogP contribution in [-0.2, 0) is 0 Å². The summed E-state index contributed by atoms with van der Waals surface area (Å²) in [6.45, 7) is 12.6.